The highest BCUT2D eigenvalue weighted by molar-refractivity contribution is 7.10. The van der Waals surface area contributed by atoms with Crippen molar-refractivity contribution in [1.29, 1.82) is 0 Å². The maximum absolute atomic E-state index is 5.86. The molecule has 0 saturated heterocycles. The zero-order valence-corrected chi connectivity index (χ0v) is 13.0. The normalized spacial score (nSPS) is 19.8. The van der Waals surface area contributed by atoms with Crippen molar-refractivity contribution in [2.24, 2.45) is 5.73 Å². The molecule has 2 aromatic rings. The quantitative estimate of drug-likeness (QED) is 0.931. The Balaban J connectivity index is 1.80. The van der Waals surface area contributed by atoms with Gasteiger partial charge in [0.05, 0.1) is 6.04 Å². The van der Waals surface area contributed by atoms with Crippen molar-refractivity contribution in [2.75, 3.05) is 11.4 Å². The number of nitrogens with two attached hydrogens (primary N) is 1. The minimum absolute atomic E-state index is 0.225. The molecular weight excluding hydrogens is 264 g/mol. The van der Waals surface area contributed by atoms with Crippen LogP contribution >= 0.6 is 11.3 Å². The van der Waals surface area contributed by atoms with Crippen LogP contribution in [-0.4, -0.2) is 12.6 Å². The molecule has 3 heteroatoms. The Morgan fingerprint density at radius 2 is 2.05 bits per heavy atom. The van der Waals surface area contributed by atoms with Gasteiger partial charge in [0.2, 0.25) is 0 Å². The fourth-order valence-electron chi connectivity index (χ4n) is 3.06. The molecule has 1 aliphatic rings. The van der Waals surface area contributed by atoms with Crippen molar-refractivity contribution < 1.29 is 0 Å². The molecule has 2 unspecified atom stereocenters. The first-order valence-electron chi connectivity index (χ1n) is 7.32. The summed E-state index contributed by atoms with van der Waals surface area (Å²) in [4.78, 5) is 4.06. The summed E-state index contributed by atoms with van der Waals surface area (Å²) in [6.45, 7) is 5.47. The predicted molar refractivity (Wildman–Crippen MR) is 87.6 cm³/mol. The Morgan fingerprint density at radius 3 is 2.75 bits per heavy atom. The first-order chi connectivity index (χ1) is 9.65. The maximum Gasteiger partial charge on any atom is 0.0525 e. The second-order valence-corrected chi connectivity index (χ2v) is 6.77. The first kappa shape index (κ1) is 13.7. The van der Waals surface area contributed by atoms with Crippen LogP contribution in [0.3, 0.4) is 0 Å². The maximum atomic E-state index is 5.86. The topological polar surface area (TPSA) is 29.3 Å². The number of fused-ring (bicyclic) bond motifs is 1. The van der Waals surface area contributed by atoms with E-state index in [4.69, 9.17) is 5.73 Å². The van der Waals surface area contributed by atoms with Crippen LogP contribution in [0.25, 0.3) is 0 Å². The van der Waals surface area contributed by atoms with E-state index in [2.05, 4.69) is 54.5 Å². The van der Waals surface area contributed by atoms with Gasteiger partial charge < -0.3 is 10.6 Å². The monoisotopic (exact) mass is 286 g/mol. The molecule has 0 saturated carbocycles. The summed E-state index contributed by atoms with van der Waals surface area (Å²) in [6, 6.07) is 11.9. The van der Waals surface area contributed by atoms with Crippen LogP contribution in [0.1, 0.15) is 35.9 Å². The van der Waals surface area contributed by atoms with Gasteiger partial charge in [-0.15, -0.1) is 11.3 Å². The van der Waals surface area contributed by atoms with Gasteiger partial charge in [-0.25, -0.2) is 0 Å². The minimum Gasteiger partial charge on any atom is -0.364 e. The standard InChI is InChI=1S/C17H22N2S/c1-12(18)11-14-3-5-15(6-4-14)19-9-7-17-16(13(19)2)8-10-20-17/h3-6,8,10,12-13H,7,9,11,18H2,1-2H3. The smallest absolute Gasteiger partial charge is 0.0525 e. The highest BCUT2D eigenvalue weighted by atomic mass is 32.1. The van der Waals surface area contributed by atoms with Gasteiger partial charge in [0.25, 0.3) is 0 Å². The van der Waals surface area contributed by atoms with E-state index < -0.39 is 0 Å². The second kappa shape index (κ2) is 5.58. The number of benzene rings is 1. The molecule has 2 nitrogen and oxygen atoms in total. The lowest BCUT2D eigenvalue weighted by atomic mass is 10.00. The molecule has 0 bridgehead atoms. The predicted octanol–water partition coefficient (Wildman–Crippen LogP) is 3.76. The summed E-state index contributed by atoms with van der Waals surface area (Å²) in [5.41, 5.74) is 10.0. The van der Waals surface area contributed by atoms with Gasteiger partial charge in [0, 0.05) is 23.2 Å². The molecule has 2 heterocycles. The van der Waals surface area contributed by atoms with Crippen molar-refractivity contribution in [1.82, 2.24) is 0 Å². The summed E-state index contributed by atoms with van der Waals surface area (Å²) in [7, 11) is 0. The number of thiophene rings is 1. The summed E-state index contributed by atoms with van der Waals surface area (Å²) in [5.74, 6) is 0. The van der Waals surface area contributed by atoms with Gasteiger partial charge >= 0.3 is 0 Å². The number of rotatable bonds is 3. The van der Waals surface area contributed by atoms with Gasteiger partial charge in [-0.1, -0.05) is 12.1 Å². The van der Waals surface area contributed by atoms with E-state index >= 15 is 0 Å². The highest BCUT2D eigenvalue weighted by Crippen LogP contribution is 2.35. The summed E-state index contributed by atoms with van der Waals surface area (Å²) < 4.78 is 0. The van der Waals surface area contributed by atoms with Crippen LogP contribution < -0.4 is 10.6 Å². The fraction of sp³-hybridized carbons (Fsp3) is 0.412. The number of hydrogen-bond donors (Lipinski definition) is 1. The van der Waals surface area contributed by atoms with E-state index in [0.29, 0.717) is 6.04 Å². The lowest BCUT2D eigenvalue weighted by Gasteiger charge is -2.35. The van der Waals surface area contributed by atoms with Gasteiger partial charge in [-0.2, -0.15) is 0 Å². The van der Waals surface area contributed by atoms with Gasteiger partial charge in [-0.3, -0.25) is 0 Å². The molecule has 0 spiro atoms. The van der Waals surface area contributed by atoms with E-state index in [0.717, 1.165) is 13.0 Å². The molecule has 2 N–H and O–H groups in total. The van der Waals surface area contributed by atoms with Crippen LogP contribution in [0.2, 0.25) is 0 Å². The molecule has 3 rings (SSSR count). The van der Waals surface area contributed by atoms with Crippen molar-refractivity contribution in [3.63, 3.8) is 0 Å². The van der Waals surface area contributed by atoms with E-state index in [1.807, 2.05) is 11.3 Å². The van der Waals surface area contributed by atoms with Gasteiger partial charge in [0.15, 0.2) is 0 Å². The minimum atomic E-state index is 0.225. The third-order valence-electron chi connectivity index (χ3n) is 4.10. The van der Waals surface area contributed by atoms with E-state index in [1.165, 1.54) is 23.2 Å². The van der Waals surface area contributed by atoms with Crippen LogP contribution in [0.15, 0.2) is 35.7 Å². The van der Waals surface area contributed by atoms with Crippen LogP contribution in [0, 0.1) is 0 Å². The zero-order valence-electron chi connectivity index (χ0n) is 12.2. The Kier molecular flexibility index (Phi) is 3.81. The van der Waals surface area contributed by atoms with E-state index in [9.17, 15) is 0 Å². The number of nitrogens with zero attached hydrogens (tertiary/aromatic N) is 1. The molecule has 1 aromatic heterocycles. The Hall–Kier alpha value is -1.32. The summed E-state index contributed by atoms with van der Waals surface area (Å²) >= 11 is 1.90. The largest absolute Gasteiger partial charge is 0.364 e. The summed E-state index contributed by atoms with van der Waals surface area (Å²) in [6.07, 6.45) is 2.11. The Labute approximate surface area is 125 Å². The van der Waals surface area contributed by atoms with Crippen LogP contribution in [-0.2, 0) is 12.8 Å². The average molecular weight is 286 g/mol. The van der Waals surface area contributed by atoms with Crippen molar-refractivity contribution >= 4 is 17.0 Å². The van der Waals surface area contributed by atoms with Crippen LogP contribution in [0.4, 0.5) is 5.69 Å². The molecule has 1 aromatic carbocycles. The van der Waals surface area contributed by atoms with Crippen LogP contribution in [0.5, 0.6) is 0 Å². The van der Waals surface area contributed by atoms with E-state index in [-0.39, 0.29) is 6.04 Å². The van der Waals surface area contributed by atoms with Gasteiger partial charge in [-0.05, 0) is 61.4 Å². The molecular formula is C17H22N2S. The van der Waals surface area contributed by atoms with Gasteiger partial charge in [0.1, 0.15) is 0 Å². The molecule has 106 valence electrons. The molecule has 0 fully saturated rings. The second-order valence-electron chi connectivity index (χ2n) is 5.77. The van der Waals surface area contributed by atoms with E-state index in [1.54, 1.807) is 4.88 Å². The van der Waals surface area contributed by atoms with Crippen molar-refractivity contribution in [3.05, 3.63) is 51.7 Å². The number of anilines is 1. The fourth-order valence-corrected chi connectivity index (χ4v) is 4.02. The zero-order chi connectivity index (χ0) is 14.1. The van der Waals surface area contributed by atoms with Crippen molar-refractivity contribution in [3.8, 4) is 0 Å². The Morgan fingerprint density at radius 1 is 1.30 bits per heavy atom. The summed E-state index contributed by atoms with van der Waals surface area (Å²) in [5, 5.41) is 2.22. The lowest BCUT2D eigenvalue weighted by molar-refractivity contribution is 0.632. The molecule has 0 amide bonds. The van der Waals surface area contributed by atoms with Crippen molar-refractivity contribution in [2.45, 2.75) is 38.8 Å². The number of hydrogen-bond acceptors (Lipinski definition) is 3. The third-order valence-corrected chi connectivity index (χ3v) is 5.10. The molecule has 0 radical (unpaired) electrons. The molecule has 1 aliphatic heterocycles. The third kappa shape index (κ3) is 2.60. The highest BCUT2D eigenvalue weighted by Gasteiger charge is 2.24. The first-order valence-corrected chi connectivity index (χ1v) is 8.20. The average Bonchev–Trinajstić information content (AvgIpc) is 2.89. The molecule has 20 heavy (non-hydrogen) atoms. The lowest BCUT2D eigenvalue weighted by Crippen LogP contribution is -2.33. The molecule has 0 aliphatic carbocycles. The Bertz CT molecular complexity index is 571. The SMILES string of the molecule is CC(N)Cc1ccc(N2CCc3sccc3C2C)cc1. The molecule has 2 atom stereocenters.